The van der Waals surface area contributed by atoms with E-state index in [9.17, 15) is 19.7 Å². The smallest absolute Gasteiger partial charge is 0.270 e. The van der Waals surface area contributed by atoms with E-state index in [2.05, 4.69) is 5.32 Å². The largest absolute Gasteiger partial charge is 0.337 e. The third kappa shape index (κ3) is 6.64. The van der Waals surface area contributed by atoms with Crippen LogP contribution in [-0.2, 0) is 9.59 Å². The van der Waals surface area contributed by atoms with Gasteiger partial charge in [-0.2, -0.15) is 0 Å². The monoisotopic (exact) mass is 419 g/mol. The van der Waals surface area contributed by atoms with Gasteiger partial charge in [0, 0.05) is 31.3 Å². The highest BCUT2D eigenvalue weighted by Crippen LogP contribution is 2.17. The molecule has 1 aliphatic rings. The second-order valence-corrected chi connectivity index (χ2v) is 7.35. The van der Waals surface area contributed by atoms with Crippen molar-refractivity contribution in [2.45, 2.75) is 25.7 Å². The van der Waals surface area contributed by atoms with E-state index in [4.69, 9.17) is 0 Å². The van der Waals surface area contributed by atoms with Crippen molar-refractivity contribution >= 4 is 29.7 Å². The van der Waals surface area contributed by atoms with Crippen LogP contribution in [0, 0.1) is 10.1 Å². The van der Waals surface area contributed by atoms with Crippen LogP contribution in [0.4, 0.5) is 5.69 Å². The maximum atomic E-state index is 13.2. The van der Waals surface area contributed by atoms with Gasteiger partial charge in [-0.3, -0.25) is 19.7 Å². The molecule has 2 amide bonds. The maximum Gasteiger partial charge on any atom is 0.270 e. The first kappa shape index (κ1) is 22.0. The number of amides is 2. The predicted octanol–water partition coefficient (Wildman–Crippen LogP) is 4.17. The van der Waals surface area contributed by atoms with Crippen molar-refractivity contribution in [2.24, 2.45) is 0 Å². The Morgan fingerprint density at radius 3 is 2.29 bits per heavy atom. The molecule has 0 aromatic heterocycles. The summed E-state index contributed by atoms with van der Waals surface area (Å²) in [5.41, 5.74) is 1.36. The van der Waals surface area contributed by atoms with Crippen LogP contribution in [0.2, 0.25) is 0 Å². The number of rotatable bonds is 6. The molecular weight excluding hydrogens is 394 g/mol. The van der Waals surface area contributed by atoms with E-state index in [1.165, 1.54) is 24.3 Å². The van der Waals surface area contributed by atoms with Gasteiger partial charge >= 0.3 is 0 Å². The van der Waals surface area contributed by atoms with E-state index >= 15 is 0 Å². The van der Waals surface area contributed by atoms with Gasteiger partial charge in [0.1, 0.15) is 5.70 Å². The summed E-state index contributed by atoms with van der Waals surface area (Å²) >= 11 is 0. The summed E-state index contributed by atoms with van der Waals surface area (Å²) in [7, 11) is 0. The van der Waals surface area contributed by atoms with Gasteiger partial charge in [-0.05, 0) is 36.1 Å². The Morgan fingerprint density at radius 1 is 0.935 bits per heavy atom. The van der Waals surface area contributed by atoms with Crippen molar-refractivity contribution in [1.82, 2.24) is 10.2 Å². The Labute approximate surface area is 181 Å². The van der Waals surface area contributed by atoms with Crippen LogP contribution in [0.1, 0.15) is 36.8 Å². The average molecular weight is 419 g/mol. The van der Waals surface area contributed by atoms with E-state index in [-0.39, 0.29) is 17.3 Å². The summed E-state index contributed by atoms with van der Waals surface area (Å²) in [5, 5.41) is 13.8. The van der Waals surface area contributed by atoms with Crippen molar-refractivity contribution in [3.8, 4) is 0 Å². The Hall–Kier alpha value is -3.74. The first-order chi connectivity index (χ1) is 15.0. The van der Waals surface area contributed by atoms with Gasteiger partial charge in [0.2, 0.25) is 5.91 Å². The fourth-order valence-electron chi connectivity index (χ4n) is 3.40. The van der Waals surface area contributed by atoms with E-state index in [1.807, 2.05) is 30.3 Å². The molecule has 3 rings (SSSR count). The molecule has 160 valence electrons. The zero-order valence-corrected chi connectivity index (χ0v) is 17.2. The standard InChI is InChI=1S/C24H25N3O4/c28-23(14-13-19-9-4-3-5-10-19)25-22(24(29)26-15-6-1-2-7-16-26)18-20-11-8-12-21(17-20)27(30)31/h3-5,8-14,17-18H,1-2,6-7,15-16H2,(H,25,28)/b14-13+,22-18-. The lowest BCUT2D eigenvalue weighted by molar-refractivity contribution is -0.384. The lowest BCUT2D eigenvalue weighted by Crippen LogP contribution is -2.38. The molecule has 1 fully saturated rings. The first-order valence-electron chi connectivity index (χ1n) is 10.3. The summed E-state index contributed by atoms with van der Waals surface area (Å²) in [5.74, 6) is -0.724. The fraction of sp³-hybridized carbons (Fsp3) is 0.250. The van der Waals surface area contributed by atoms with Crippen LogP contribution in [0.15, 0.2) is 66.4 Å². The van der Waals surface area contributed by atoms with Crippen LogP contribution < -0.4 is 5.32 Å². The topological polar surface area (TPSA) is 92.5 Å². The number of benzene rings is 2. The normalized spacial score (nSPS) is 14.8. The minimum absolute atomic E-state index is 0.0781. The molecule has 0 unspecified atom stereocenters. The number of nitrogens with zero attached hydrogens (tertiary/aromatic N) is 2. The molecule has 1 saturated heterocycles. The zero-order valence-electron chi connectivity index (χ0n) is 17.2. The lowest BCUT2D eigenvalue weighted by atomic mass is 10.1. The van der Waals surface area contributed by atoms with Crippen LogP contribution in [-0.4, -0.2) is 34.7 Å². The molecule has 0 aliphatic carbocycles. The van der Waals surface area contributed by atoms with Crippen LogP contribution in [0.25, 0.3) is 12.2 Å². The van der Waals surface area contributed by atoms with Gasteiger partial charge in [-0.25, -0.2) is 0 Å². The highest BCUT2D eigenvalue weighted by molar-refractivity contribution is 6.04. The van der Waals surface area contributed by atoms with Gasteiger partial charge in [-0.15, -0.1) is 0 Å². The van der Waals surface area contributed by atoms with Crippen molar-refractivity contribution in [3.05, 3.63) is 87.6 Å². The summed E-state index contributed by atoms with van der Waals surface area (Å²) in [6, 6.07) is 15.3. The number of non-ortho nitro benzene ring substituents is 1. The zero-order chi connectivity index (χ0) is 22.1. The average Bonchev–Trinajstić information content (AvgIpc) is 3.07. The Morgan fingerprint density at radius 2 is 1.61 bits per heavy atom. The number of hydrogen-bond donors (Lipinski definition) is 1. The quantitative estimate of drug-likeness (QED) is 0.432. The fourth-order valence-corrected chi connectivity index (χ4v) is 3.40. The molecule has 1 N–H and O–H groups in total. The minimum atomic E-state index is -0.491. The third-order valence-electron chi connectivity index (χ3n) is 5.00. The van der Waals surface area contributed by atoms with Crippen molar-refractivity contribution in [3.63, 3.8) is 0 Å². The molecular formula is C24H25N3O4. The molecule has 0 saturated carbocycles. The highest BCUT2D eigenvalue weighted by Gasteiger charge is 2.21. The van der Waals surface area contributed by atoms with Gasteiger partial charge in [0.15, 0.2) is 0 Å². The maximum absolute atomic E-state index is 13.2. The van der Waals surface area contributed by atoms with E-state index in [0.717, 1.165) is 31.2 Å². The number of nitro groups is 1. The number of likely N-dealkylation sites (tertiary alicyclic amines) is 1. The molecule has 7 heteroatoms. The van der Waals surface area contributed by atoms with Gasteiger partial charge in [0.25, 0.3) is 11.6 Å². The Kier molecular flexibility index (Phi) is 7.70. The van der Waals surface area contributed by atoms with Crippen molar-refractivity contribution in [2.75, 3.05) is 13.1 Å². The molecule has 1 heterocycles. The number of nitro benzene ring substituents is 1. The minimum Gasteiger partial charge on any atom is -0.337 e. The summed E-state index contributed by atoms with van der Waals surface area (Å²) < 4.78 is 0. The predicted molar refractivity (Wildman–Crippen MR) is 120 cm³/mol. The molecule has 1 aliphatic heterocycles. The SMILES string of the molecule is O=C(/C=C/c1ccccc1)N/C(=C\c1cccc([N+](=O)[O-])c1)C(=O)N1CCCCCC1. The molecule has 0 bridgehead atoms. The van der Waals surface area contributed by atoms with E-state index < -0.39 is 10.8 Å². The van der Waals surface area contributed by atoms with Gasteiger partial charge in [0.05, 0.1) is 4.92 Å². The molecule has 2 aromatic rings. The van der Waals surface area contributed by atoms with Crippen molar-refractivity contribution in [1.29, 1.82) is 0 Å². The second kappa shape index (κ2) is 10.9. The second-order valence-electron chi connectivity index (χ2n) is 7.35. The first-order valence-corrected chi connectivity index (χ1v) is 10.3. The third-order valence-corrected chi connectivity index (χ3v) is 5.00. The van der Waals surface area contributed by atoms with E-state index in [0.29, 0.717) is 18.7 Å². The Bertz CT molecular complexity index is 991. The number of carbonyl (C=O) groups is 2. The van der Waals surface area contributed by atoms with Crippen LogP contribution in [0.5, 0.6) is 0 Å². The van der Waals surface area contributed by atoms with Gasteiger partial charge < -0.3 is 10.2 Å². The lowest BCUT2D eigenvalue weighted by Gasteiger charge is -2.22. The number of nitrogens with one attached hydrogen (secondary N) is 1. The van der Waals surface area contributed by atoms with Crippen LogP contribution in [0.3, 0.4) is 0 Å². The molecule has 7 nitrogen and oxygen atoms in total. The highest BCUT2D eigenvalue weighted by atomic mass is 16.6. The summed E-state index contributed by atoms with van der Waals surface area (Å²) in [6.45, 7) is 1.25. The van der Waals surface area contributed by atoms with Gasteiger partial charge in [-0.1, -0.05) is 55.3 Å². The number of hydrogen-bond acceptors (Lipinski definition) is 4. The molecule has 0 atom stereocenters. The van der Waals surface area contributed by atoms with Crippen LogP contribution >= 0.6 is 0 Å². The van der Waals surface area contributed by atoms with Crippen molar-refractivity contribution < 1.29 is 14.5 Å². The summed E-state index contributed by atoms with van der Waals surface area (Å²) in [6.07, 6.45) is 8.49. The molecule has 2 aromatic carbocycles. The molecule has 31 heavy (non-hydrogen) atoms. The molecule has 0 spiro atoms. The summed E-state index contributed by atoms with van der Waals surface area (Å²) in [4.78, 5) is 38.0. The van der Waals surface area contributed by atoms with E-state index in [1.54, 1.807) is 23.1 Å². The molecule has 0 radical (unpaired) electrons. The Balaban J connectivity index is 1.85. The number of carbonyl (C=O) groups excluding carboxylic acids is 2.